The fourth-order valence-electron chi connectivity index (χ4n) is 2.81. The van der Waals surface area contributed by atoms with Crippen molar-refractivity contribution < 1.29 is 13.5 Å². The lowest BCUT2D eigenvalue weighted by Gasteiger charge is -2.21. The molecule has 0 saturated carbocycles. The lowest BCUT2D eigenvalue weighted by Crippen LogP contribution is -2.21. The summed E-state index contributed by atoms with van der Waals surface area (Å²) in [5.41, 5.74) is 6.02. The molecule has 1 aliphatic rings. The lowest BCUT2D eigenvalue weighted by molar-refractivity contribution is 0.180. The molecule has 0 bridgehead atoms. The van der Waals surface area contributed by atoms with Crippen molar-refractivity contribution in [3.05, 3.63) is 33.9 Å². The number of hydrogen-bond donors (Lipinski definition) is 1. The van der Waals surface area contributed by atoms with Crippen LogP contribution < -0.4 is 5.73 Å². The summed E-state index contributed by atoms with van der Waals surface area (Å²) >= 11 is 6.05. The summed E-state index contributed by atoms with van der Waals surface area (Å²) in [7, 11) is 3.30. The highest BCUT2D eigenvalue weighted by Crippen LogP contribution is 2.38. The van der Waals surface area contributed by atoms with Crippen molar-refractivity contribution in [3.8, 4) is 0 Å². The molecular weight excluding hydrogens is 286 g/mol. The minimum absolute atomic E-state index is 0.0478. The van der Waals surface area contributed by atoms with Crippen molar-refractivity contribution in [1.29, 1.82) is 0 Å². The monoisotopic (exact) mass is 304 g/mol. The third-order valence-electron chi connectivity index (χ3n) is 3.90. The van der Waals surface area contributed by atoms with Crippen molar-refractivity contribution >= 4 is 11.6 Å². The van der Waals surface area contributed by atoms with Gasteiger partial charge in [0.2, 0.25) is 0 Å². The van der Waals surface area contributed by atoms with Crippen LogP contribution >= 0.6 is 11.6 Å². The standard InChI is InChI=1S/C14H19ClF2N2O/c1-19-6-8(5-18)3-12(19)9-4-11(15)10(7-20-2)14(17)13(9)16/h4,8,12H,3,5-7,18H2,1-2H3. The number of likely N-dealkylation sites (tertiary alicyclic amines) is 1. The zero-order valence-electron chi connectivity index (χ0n) is 11.6. The highest BCUT2D eigenvalue weighted by molar-refractivity contribution is 6.31. The van der Waals surface area contributed by atoms with Gasteiger partial charge in [0.25, 0.3) is 0 Å². The van der Waals surface area contributed by atoms with Gasteiger partial charge in [0.1, 0.15) is 0 Å². The van der Waals surface area contributed by atoms with Crippen LogP contribution in [0.15, 0.2) is 6.07 Å². The summed E-state index contributed by atoms with van der Waals surface area (Å²) in [5.74, 6) is -1.46. The van der Waals surface area contributed by atoms with Gasteiger partial charge in [0.05, 0.1) is 6.61 Å². The van der Waals surface area contributed by atoms with Gasteiger partial charge in [-0.3, -0.25) is 4.90 Å². The van der Waals surface area contributed by atoms with Gasteiger partial charge < -0.3 is 10.5 Å². The highest BCUT2D eigenvalue weighted by Gasteiger charge is 2.33. The second-order valence-corrected chi connectivity index (χ2v) is 5.69. The van der Waals surface area contributed by atoms with Gasteiger partial charge in [-0.05, 0) is 32.0 Å². The first-order chi connectivity index (χ1) is 9.49. The van der Waals surface area contributed by atoms with Crippen LogP contribution in [0.2, 0.25) is 5.02 Å². The molecule has 0 amide bonds. The second-order valence-electron chi connectivity index (χ2n) is 5.28. The summed E-state index contributed by atoms with van der Waals surface area (Å²) in [6, 6.07) is 1.32. The largest absolute Gasteiger partial charge is 0.380 e. The van der Waals surface area contributed by atoms with Gasteiger partial charge in [-0.1, -0.05) is 11.6 Å². The normalized spacial score (nSPS) is 23.5. The number of nitrogens with zero attached hydrogens (tertiary/aromatic N) is 1. The average molecular weight is 305 g/mol. The van der Waals surface area contributed by atoms with E-state index in [4.69, 9.17) is 22.1 Å². The van der Waals surface area contributed by atoms with Gasteiger partial charge in [-0.25, -0.2) is 8.78 Å². The number of nitrogens with two attached hydrogens (primary N) is 1. The van der Waals surface area contributed by atoms with Crippen LogP contribution in [-0.4, -0.2) is 32.1 Å². The van der Waals surface area contributed by atoms with E-state index in [9.17, 15) is 8.78 Å². The first kappa shape index (κ1) is 15.6. The second kappa shape index (κ2) is 6.35. The number of hydrogen-bond acceptors (Lipinski definition) is 3. The quantitative estimate of drug-likeness (QED) is 0.869. The van der Waals surface area contributed by atoms with Gasteiger partial charge in [-0.2, -0.15) is 0 Å². The smallest absolute Gasteiger partial charge is 0.166 e. The molecule has 20 heavy (non-hydrogen) atoms. The summed E-state index contributed by atoms with van der Waals surface area (Å²) in [6.45, 7) is 1.27. The molecule has 1 heterocycles. The zero-order chi connectivity index (χ0) is 14.9. The van der Waals surface area contributed by atoms with Crippen LogP contribution in [0.3, 0.4) is 0 Å². The predicted octanol–water partition coefficient (Wildman–Crippen LogP) is 2.72. The number of halogens is 3. The fraction of sp³-hybridized carbons (Fsp3) is 0.571. The molecule has 2 N–H and O–H groups in total. The Kier molecular flexibility index (Phi) is 4.96. The molecule has 2 unspecified atom stereocenters. The molecule has 112 valence electrons. The van der Waals surface area contributed by atoms with Crippen molar-refractivity contribution in [3.63, 3.8) is 0 Å². The fourth-order valence-corrected chi connectivity index (χ4v) is 3.07. The SMILES string of the molecule is COCc1c(Cl)cc(C2CC(CN)CN2C)c(F)c1F. The number of rotatable bonds is 4. The summed E-state index contributed by atoms with van der Waals surface area (Å²) in [6.07, 6.45) is 0.712. The van der Waals surface area contributed by atoms with E-state index in [1.54, 1.807) is 0 Å². The van der Waals surface area contributed by atoms with Crippen molar-refractivity contribution in [2.24, 2.45) is 11.7 Å². The maximum absolute atomic E-state index is 14.3. The van der Waals surface area contributed by atoms with E-state index in [-0.39, 0.29) is 23.2 Å². The number of benzene rings is 1. The first-order valence-electron chi connectivity index (χ1n) is 6.55. The Balaban J connectivity index is 2.38. The molecule has 2 rings (SSSR count). The van der Waals surface area contributed by atoms with Crippen molar-refractivity contribution in [1.82, 2.24) is 4.90 Å². The van der Waals surface area contributed by atoms with E-state index in [0.29, 0.717) is 24.4 Å². The van der Waals surface area contributed by atoms with Crippen LogP contribution in [0.1, 0.15) is 23.6 Å². The maximum Gasteiger partial charge on any atom is 0.166 e. The third kappa shape index (κ3) is 2.81. The lowest BCUT2D eigenvalue weighted by atomic mass is 9.98. The molecule has 6 heteroatoms. The summed E-state index contributed by atoms with van der Waals surface area (Å²) in [5, 5.41) is 0.199. The summed E-state index contributed by atoms with van der Waals surface area (Å²) < 4.78 is 33.2. The van der Waals surface area contributed by atoms with Crippen LogP contribution in [0.25, 0.3) is 0 Å². The molecule has 1 fully saturated rings. The van der Waals surface area contributed by atoms with Gasteiger partial charge >= 0.3 is 0 Å². The topological polar surface area (TPSA) is 38.5 Å². The first-order valence-corrected chi connectivity index (χ1v) is 6.92. The number of ether oxygens (including phenoxy) is 1. The number of methoxy groups -OCH3 is 1. The molecule has 0 spiro atoms. The highest BCUT2D eigenvalue weighted by atomic mass is 35.5. The third-order valence-corrected chi connectivity index (χ3v) is 4.23. The average Bonchev–Trinajstić information content (AvgIpc) is 2.80. The van der Waals surface area contributed by atoms with Crippen molar-refractivity contribution in [2.75, 3.05) is 27.2 Å². The van der Waals surface area contributed by atoms with Crippen LogP contribution in [0, 0.1) is 17.6 Å². The molecule has 2 atom stereocenters. The minimum Gasteiger partial charge on any atom is -0.380 e. The molecule has 1 saturated heterocycles. The van der Waals surface area contributed by atoms with E-state index < -0.39 is 11.6 Å². The molecular formula is C14H19ClF2N2O. The van der Waals surface area contributed by atoms with E-state index >= 15 is 0 Å². The molecule has 0 radical (unpaired) electrons. The Morgan fingerprint density at radius 2 is 2.15 bits per heavy atom. The Morgan fingerprint density at radius 3 is 2.70 bits per heavy atom. The zero-order valence-corrected chi connectivity index (χ0v) is 12.4. The van der Waals surface area contributed by atoms with E-state index in [1.165, 1.54) is 13.2 Å². The van der Waals surface area contributed by atoms with E-state index in [0.717, 1.165) is 6.54 Å². The van der Waals surface area contributed by atoms with Crippen molar-refractivity contribution in [2.45, 2.75) is 19.1 Å². The maximum atomic E-state index is 14.3. The molecule has 0 aliphatic carbocycles. The molecule has 1 aromatic carbocycles. The Labute approximate surface area is 122 Å². The van der Waals surface area contributed by atoms with E-state index in [2.05, 4.69) is 0 Å². The van der Waals surface area contributed by atoms with Gasteiger partial charge in [0.15, 0.2) is 11.6 Å². The van der Waals surface area contributed by atoms with Crippen LogP contribution in [-0.2, 0) is 11.3 Å². The molecule has 3 nitrogen and oxygen atoms in total. The molecule has 0 aromatic heterocycles. The molecule has 1 aromatic rings. The van der Waals surface area contributed by atoms with Gasteiger partial charge in [0, 0.05) is 35.8 Å². The van der Waals surface area contributed by atoms with E-state index in [1.807, 2.05) is 11.9 Å². The van der Waals surface area contributed by atoms with Crippen LogP contribution in [0.5, 0.6) is 0 Å². The molecule has 1 aliphatic heterocycles. The minimum atomic E-state index is -0.918. The van der Waals surface area contributed by atoms with Crippen LogP contribution in [0.4, 0.5) is 8.78 Å². The Bertz CT molecular complexity index is 499. The Hall–Kier alpha value is -0.750. The summed E-state index contributed by atoms with van der Waals surface area (Å²) in [4.78, 5) is 1.99. The van der Waals surface area contributed by atoms with Gasteiger partial charge in [-0.15, -0.1) is 0 Å². The Morgan fingerprint density at radius 1 is 1.45 bits per heavy atom. The predicted molar refractivity (Wildman–Crippen MR) is 74.6 cm³/mol.